The summed E-state index contributed by atoms with van der Waals surface area (Å²) in [5, 5.41) is 16.0. The summed E-state index contributed by atoms with van der Waals surface area (Å²) in [6.45, 7) is 0.486. The summed E-state index contributed by atoms with van der Waals surface area (Å²) in [5.74, 6) is -1.35. The number of carbonyl (C=O) groups excluding carboxylic acids is 1. The Labute approximate surface area is 157 Å². The van der Waals surface area contributed by atoms with Crippen LogP contribution in [-0.2, 0) is 17.6 Å². The van der Waals surface area contributed by atoms with E-state index in [-0.39, 0.29) is 18.1 Å². The Hall–Kier alpha value is -2.70. The second kappa shape index (κ2) is 8.79. The van der Waals surface area contributed by atoms with Gasteiger partial charge in [0.2, 0.25) is 0 Å². The van der Waals surface area contributed by atoms with Gasteiger partial charge in [-0.2, -0.15) is 5.10 Å². The molecule has 1 aromatic heterocycles. The molecule has 144 valence electrons. The summed E-state index contributed by atoms with van der Waals surface area (Å²) in [6, 6.07) is 6.23. The van der Waals surface area contributed by atoms with Crippen molar-refractivity contribution in [1.29, 1.82) is 0 Å². The van der Waals surface area contributed by atoms with Gasteiger partial charge in [-0.3, -0.25) is 9.59 Å². The van der Waals surface area contributed by atoms with Gasteiger partial charge in [-0.25, -0.2) is 9.07 Å². The standard InChI is InChI=1S/C20H24FN3O3/c21-14-7-6-8-15(13-14)24-17-10-4-3-9-16(17)19(23-24)20(27)22-12-5-1-2-11-18(25)26/h6-8,13H,1-5,9-12H2,(H,22,27)(H,25,26). The molecule has 1 amide bonds. The summed E-state index contributed by atoms with van der Waals surface area (Å²) in [7, 11) is 0. The van der Waals surface area contributed by atoms with Gasteiger partial charge in [0.25, 0.3) is 5.91 Å². The van der Waals surface area contributed by atoms with Crippen molar-refractivity contribution in [3.63, 3.8) is 0 Å². The first kappa shape index (κ1) is 19.1. The predicted molar refractivity (Wildman–Crippen MR) is 98.6 cm³/mol. The smallest absolute Gasteiger partial charge is 0.303 e. The van der Waals surface area contributed by atoms with Crippen molar-refractivity contribution >= 4 is 11.9 Å². The number of benzene rings is 1. The molecule has 7 heteroatoms. The molecule has 0 unspecified atom stereocenters. The van der Waals surface area contributed by atoms with Crippen molar-refractivity contribution in [2.45, 2.75) is 51.4 Å². The van der Waals surface area contributed by atoms with Gasteiger partial charge in [-0.15, -0.1) is 0 Å². The lowest BCUT2D eigenvalue weighted by molar-refractivity contribution is -0.137. The number of nitrogens with zero attached hydrogens (tertiary/aromatic N) is 2. The van der Waals surface area contributed by atoms with Crippen LogP contribution < -0.4 is 5.32 Å². The zero-order valence-electron chi connectivity index (χ0n) is 15.2. The van der Waals surface area contributed by atoms with Crippen LogP contribution in [0.5, 0.6) is 0 Å². The molecule has 0 bridgehead atoms. The number of hydrogen-bond donors (Lipinski definition) is 2. The van der Waals surface area contributed by atoms with E-state index in [4.69, 9.17) is 5.11 Å². The zero-order chi connectivity index (χ0) is 19.2. The fourth-order valence-electron chi connectivity index (χ4n) is 3.47. The fraction of sp³-hybridized carbons (Fsp3) is 0.450. The highest BCUT2D eigenvalue weighted by Crippen LogP contribution is 2.27. The Morgan fingerprint density at radius 3 is 2.78 bits per heavy atom. The highest BCUT2D eigenvalue weighted by molar-refractivity contribution is 5.94. The van der Waals surface area contributed by atoms with Crippen molar-refractivity contribution in [1.82, 2.24) is 15.1 Å². The Morgan fingerprint density at radius 1 is 1.19 bits per heavy atom. The molecule has 6 nitrogen and oxygen atoms in total. The molecule has 2 aromatic rings. The van der Waals surface area contributed by atoms with Crippen molar-refractivity contribution in [3.8, 4) is 5.69 Å². The molecule has 27 heavy (non-hydrogen) atoms. The van der Waals surface area contributed by atoms with Gasteiger partial charge in [-0.1, -0.05) is 12.5 Å². The summed E-state index contributed by atoms with van der Waals surface area (Å²) in [6.07, 6.45) is 5.89. The predicted octanol–water partition coefficient (Wildman–Crippen LogP) is 3.27. The second-order valence-electron chi connectivity index (χ2n) is 6.83. The number of carboxylic acid groups (broad SMARTS) is 1. The number of halogens is 1. The van der Waals surface area contributed by atoms with Crippen LogP contribution in [0.1, 0.15) is 60.3 Å². The van der Waals surface area contributed by atoms with Gasteiger partial charge in [0.1, 0.15) is 5.82 Å². The molecule has 0 aliphatic heterocycles. The van der Waals surface area contributed by atoms with Crippen molar-refractivity contribution in [2.24, 2.45) is 0 Å². The van der Waals surface area contributed by atoms with Crippen LogP contribution in [0, 0.1) is 5.82 Å². The van der Waals surface area contributed by atoms with E-state index >= 15 is 0 Å². The van der Waals surface area contributed by atoms with E-state index in [1.165, 1.54) is 12.1 Å². The number of rotatable bonds is 8. The van der Waals surface area contributed by atoms with Crippen molar-refractivity contribution in [3.05, 3.63) is 47.0 Å². The average Bonchev–Trinajstić information content (AvgIpc) is 3.04. The van der Waals surface area contributed by atoms with Crippen molar-refractivity contribution in [2.75, 3.05) is 6.54 Å². The monoisotopic (exact) mass is 373 g/mol. The van der Waals surface area contributed by atoms with Gasteiger partial charge in [0.05, 0.1) is 5.69 Å². The number of amides is 1. The lowest BCUT2D eigenvalue weighted by Crippen LogP contribution is -2.26. The van der Waals surface area contributed by atoms with E-state index < -0.39 is 5.97 Å². The first-order valence-electron chi connectivity index (χ1n) is 9.43. The van der Waals surface area contributed by atoms with E-state index in [2.05, 4.69) is 10.4 Å². The fourth-order valence-corrected chi connectivity index (χ4v) is 3.47. The van der Waals surface area contributed by atoms with Gasteiger partial charge in [0.15, 0.2) is 5.69 Å². The van der Waals surface area contributed by atoms with Gasteiger partial charge >= 0.3 is 5.97 Å². The van der Waals surface area contributed by atoms with Gasteiger partial charge in [0, 0.05) is 24.2 Å². The van der Waals surface area contributed by atoms with Gasteiger partial charge < -0.3 is 10.4 Å². The Balaban J connectivity index is 1.70. The highest BCUT2D eigenvalue weighted by Gasteiger charge is 2.25. The van der Waals surface area contributed by atoms with Crippen molar-refractivity contribution < 1.29 is 19.1 Å². The third-order valence-corrected chi connectivity index (χ3v) is 4.80. The first-order chi connectivity index (χ1) is 13.1. The maximum atomic E-state index is 13.6. The molecule has 0 fully saturated rings. The molecule has 1 heterocycles. The van der Waals surface area contributed by atoms with Crippen LogP contribution in [0.4, 0.5) is 4.39 Å². The molecule has 0 radical (unpaired) electrons. The largest absolute Gasteiger partial charge is 0.481 e. The Bertz CT molecular complexity index is 832. The van der Waals surface area contributed by atoms with Crippen LogP contribution in [-0.4, -0.2) is 33.3 Å². The first-order valence-corrected chi connectivity index (χ1v) is 9.43. The number of aromatic nitrogens is 2. The van der Waals surface area contributed by atoms with Gasteiger partial charge in [-0.05, 0) is 56.7 Å². The molecular formula is C20H24FN3O3. The number of unbranched alkanes of at least 4 members (excludes halogenated alkanes) is 2. The second-order valence-corrected chi connectivity index (χ2v) is 6.83. The molecular weight excluding hydrogens is 349 g/mol. The average molecular weight is 373 g/mol. The minimum absolute atomic E-state index is 0.152. The molecule has 2 N–H and O–H groups in total. The number of carboxylic acids is 1. The molecule has 0 spiro atoms. The van der Waals surface area contributed by atoms with Crippen LogP contribution >= 0.6 is 0 Å². The maximum absolute atomic E-state index is 13.6. The number of nitrogens with one attached hydrogen (secondary N) is 1. The number of aliphatic carboxylic acids is 1. The number of carbonyl (C=O) groups is 2. The summed E-state index contributed by atoms with van der Waals surface area (Å²) in [5.41, 5.74) is 2.98. The van der Waals surface area contributed by atoms with Crippen LogP contribution in [0.3, 0.4) is 0 Å². The van der Waals surface area contributed by atoms with E-state index in [0.29, 0.717) is 24.3 Å². The Kier molecular flexibility index (Phi) is 6.21. The van der Waals surface area contributed by atoms with Crippen LogP contribution in [0.2, 0.25) is 0 Å². The molecule has 0 atom stereocenters. The minimum atomic E-state index is -0.798. The normalized spacial score (nSPS) is 13.2. The lowest BCUT2D eigenvalue weighted by Gasteiger charge is -2.14. The molecule has 1 aromatic carbocycles. The maximum Gasteiger partial charge on any atom is 0.303 e. The van der Waals surface area contributed by atoms with E-state index in [0.717, 1.165) is 49.8 Å². The minimum Gasteiger partial charge on any atom is -0.481 e. The van der Waals surface area contributed by atoms with Crippen LogP contribution in [0.25, 0.3) is 5.69 Å². The van der Waals surface area contributed by atoms with E-state index in [1.807, 2.05) is 0 Å². The summed E-state index contributed by atoms with van der Waals surface area (Å²) in [4.78, 5) is 23.1. The third kappa shape index (κ3) is 4.72. The SMILES string of the molecule is O=C(O)CCCCCNC(=O)c1nn(-c2cccc(F)c2)c2c1CCCC2. The lowest BCUT2D eigenvalue weighted by atomic mass is 9.95. The molecule has 1 aliphatic rings. The van der Waals surface area contributed by atoms with E-state index in [1.54, 1.807) is 16.8 Å². The highest BCUT2D eigenvalue weighted by atomic mass is 19.1. The summed E-state index contributed by atoms with van der Waals surface area (Å²) < 4.78 is 15.3. The third-order valence-electron chi connectivity index (χ3n) is 4.80. The number of hydrogen-bond acceptors (Lipinski definition) is 3. The summed E-state index contributed by atoms with van der Waals surface area (Å²) >= 11 is 0. The molecule has 0 saturated heterocycles. The quantitative estimate of drug-likeness (QED) is 0.696. The topological polar surface area (TPSA) is 84.2 Å². The molecule has 3 rings (SSSR count). The number of fused-ring (bicyclic) bond motifs is 1. The zero-order valence-corrected chi connectivity index (χ0v) is 15.2. The molecule has 1 aliphatic carbocycles. The molecule has 0 saturated carbocycles. The Morgan fingerprint density at radius 2 is 2.00 bits per heavy atom. The van der Waals surface area contributed by atoms with E-state index in [9.17, 15) is 14.0 Å². The van der Waals surface area contributed by atoms with Crippen LogP contribution in [0.15, 0.2) is 24.3 Å².